The Bertz CT molecular complexity index is 243. The first-order chi connectivity index (χ1) is 9.06. The highest BCUT2D eigenvalue weighted by Gasteiger charge is 2.14. The number of nitrogens with zero attached hydrogens (tertiary/aromatic N) is 1. The molecular formula is C16H37N3O. The van der Waals surface area contributed by atoms with E-state index in [2.05, 4.69) is 34.6 Å². The van der Waals surface area contributed by atoms with Crippen LogP contribution in [0.4, 0.5) is 0 Å². The zero-order valence-corrected chi connectivity index (χ0v) is 14.9. The first-order valence-corrected chi connectivity index (χ1v) is 7.33. The van der Waals surface area contributed by atoms with E-state index in [0.29, 0.717) is 19.1 Å². The number of nitrogens with two attached hydrogens (primary N) is 2. The molecule has 0 aromatic carbocycles. The molecule has 0 aliphatic rings. The van der Waals surface area contributed by atoms with Gasteiger partial charge in [-0.15, -0.1) is 0 Å². The molecular weight excluding hydrogens is 250 g/mol. The van der Waals surface area contributed by atoms with Gasteiger partial charge in [0.2, 0.25) is 6.41 Å². The topological polar surface area (TPSA) is 72.3 Å². The Hall–Kier alpha value is -0.870. The molecule has 20 heavy (non-hydrogen) atoms. The van der Waals surface area contributed by atoms with Gasteiger partial charge in [-0.25, -0.2) is 0 Å². The van der Waals surface area contributed by atoms with Crippen LogP contribution in [0.25, 0.3) is 0 Å². The number of amides is 1. The van der Waals surface area contributed by atoms with Crippen LogP contribution in [0.3, 0.4) is 0 Å². The third-order valence-corrected chi connectivity index (χ3v) is 2.60. The largest absolute Gasteiger partial charge is 0.345 e. The van der Waals surface area contributed by atoms with Crippen molar-refractivity contribution in [2.75, 3.05) is 20.1 Å². The molecule has 1 unspecified atom stereocenters. The van der Waals surface area contributed by atoms with Crippen LogP contribution in [0.5, 0.6) is 0 Å². The summed E-state index contributed by atoms with van der Waals surface area (Å²) in [4.78, 5) is 11.6. The van der Waals surface area contributed by atoms with E-state index in [9.17, 15) is 4.79 Å². The van der Waals surface area contributed by atoms with Gasteiger partial charge in [-0.05, 0) is 19.3 Å². The quantitative estimate of drug-likeness (QED) is 0.617. The van der Waals surface area contributed by atoms with Crippen LogP contribution in [0.1, 0.15) is 54.9 Å². The molecule has 0 rings (SSSR count). The maximum atomic E-state index is 10.1. The second-order valence-electron chi connectivity index (χ2n) is 6.16. The van der Waals surface area contributed by atoms with Gasteiger partial charge < -0.3 is 16.4 Å². The SMILES string of the molecule is C/C(=C\CN(C)C=O)CN.CC(N)C(C)(C)C.CCC. The number of hydrogen-bond acceptors (Lipinski definition) is 3. The summed E-state index contributed by atoms with van der Waals surface area (Å²) in [6.07, 6.45) is 3.98. The highest BCUT2D eigenvalue weighted by atomic mass is 16.1. The second kappa shape index (κ2) is 14.5. The molecule has 0 fully saturated rings. The molecule has 0 aliphatic heterocycles. The molecule has 1 atom stereocenters. The maximum Gasteiger partial charge on any atom is 0.209 e. The van der Waals surface area contributed by atoms with E-state index in [-0.39, 0.29) is 5.41 Å². The van der Waals surface area contributed by atoms with Crippen LogP contribution in [0, 0.1) is 5.41 Å². The number of carbonyl (C=O) groups is 1. The standard InChI is InChI=1S/C7H14N2O.C6H15N.C3H8/c1-7(5-8)3-4-9(2)6-10;1-5(7)6(2,3)4;1-3-2/h3,6H,4-5,8H2,1-2H3;5H,7H2,1-4H3;3H2,1-2H3/b7-3+;;. The summed E-state index contributed by atoms with van der Waals surface area (Å²) in [5, 5.41) is 0. The van der Waals surface area contributed by atoms with Crippen molar-refractivity contribution in [3.63, 3.8) is 0 Å². The van der Waals surface area contributed by atoms with Crippen molar-refractivity contribution in [1.82, 2.24) is 4.90 Å². The molecule has 0 aromatic rings. The molecule has 0 saturated heterocycles. The molecule has 0 saturated carbocycles. The summed E-state index contributed by atoms with van der Waals surface area (Å²) in [6, 6.07) is 0.299. The van der Waals surface area contributed by atoms with Crippen molar-refractivity contribution in [3.8, 4) is 0 Å². The average Bonchev–Trinajstić information content (AvgIpc) is 2.35. The number of carbonyl (C=O) groups excluding carboxylic acids is 1. The number of hydrogen-bond donors (Lipinski definition) is 2. The molecule has 4 heteroatoms. The van der Waals surface area contributed by atoms with Crippen molar-refractivity contribution in [3.05, 3.63) is 11.6 Å². The first-order valence-electron chi connectivity index (χ1n) is 7.33. The van der Waals surface area contributed by atoms with E-state index < -0.39 is 0 Å². The minimum absolute atomic E-state index is 0.278. The fourth-order valence-corrected chi connectivity index (χ4v) is 0.426. The minimum Gasteiger partial charge on any atom is -0.345 e. The van der Waals surface area contributed by atoms with E-state index in [4.69, 9.17) is 11.5 Å². The zero-order chi connectivity index (χ0) is 16.8. The van der Waals surface area contributed by atoms with E-state index >= 15 is 0 Å². The molecule has 0 radical (unpaired) electrons. The molecule has 1 amide bonds. The van der Waals surface area contributed by atoms with Crippen LogP contribution < -0.4 is 11.5 Å². The Kier molecular flexibility index (Phi) is 17.6. The highest BCUT2D eigenvalue weighted by Crippen LogP contribution is 2.15. The van der Waals surface area contributed by atoms with Gasteiger partial charge >= 0.3 is 0 Å². The summed E-state index contributed by atoms with van der Waals surface area (Å²) in [6.45, 7) is 15.8. The smallest absolute Gasteiger partial charge is 0.209 e. The molecule has 0 aliphatic carbocycles. The molecule has 0 heterocycles. The van der Waals surface area contributed by atoms with Crippen LogP contribution in [-0.4, -0.2) is 37.5 Å². The number of likely N-dealkylation sites (N-methyl/N-ethyl adjacent to an activating group) is 1. The fraction of sp³-hybridized carbons (Fsp3) is 0.812. The summed E-state index contributed by atoms with van der Waals surface area (Å²) in [5.41, 5.74) is 12.3. The molecule has 0 aromatic heterocycles. The Balaban J connectivity index is -0.000000251. The predicted molar refractivity (Wildman–Crippen MR) is 90.6 cm³/mol. The third-order valence-electron chi connectivity index (χ3n) is 2.60. The van der Waals surface area contributed by atoms with Crippen LogP contribution in [0.2, 0.25) is 0 Å². The number of rotatable bonds is 4. The van der Waals surface area contributed by atoms with Crippen molar-refractivity contribution in [2.24, 2.45) is 16.9 Å². The summed E-state index contributed by atoms with van der Waals surface area (Å²) in [7, 11) is 1.73. The van der Waals surface area contributed by atoms with Crippen LogP contribution in [-0.2, 0) is 4.79 Å². The molecule has 4 N–H and O–H groups in total. The van der Waals surface area contributed by atoms with Crippen molar-refractivity contribution >= 4 is 6.41 Å². The van der Waals surface area contributed by atoms with Gasteiger partial charge in [-0.1, -0.05) is 52.7 Å². The predicted octanol–water partition coefficient (Wildman–Crippen LogP) is 2.78. The van der Waals surface area contributed by atoms with Gasteiger partial charge in [-0.2, -0.15) is 0 Å². The van der Waals surface area contributed by atoms with Gasteiger partial charge in [-0.3, -0.25) is 4.79 Å². The van der Waals surface area contributed by atoms with Gasteiger partial charge in [0.25, 0.3) is 0 Å². The lowest BCUT2D eigenvalue weighted by Crippen LogP contribution is -2.31. The molecule has 4 nitrogen and oxygen atoms in total. The van der Waals surface area contributed by atoms with Crippen LogP contribution in [0.15, 0.2) is 11.6 Å². The third kappa shape index (κ3) is 22.3. The van der Waals surface area contributed by atoms with E-state index in [1.807, 2.05) is 19.9 Å². The van der Waals surface area contributed by atoms with E-state index in [1.54, 1.807) is 11.9 Å². The maximum absolute atomic E-state index is 10.1. The Morgan fingerprint density at radius 2 is 1.65 bits per heavy atom. The van der Waals surface area contributed by atoms with Crippen molar-refractivity contribution < 1.29 is 4.79 Å². The monoisotopic (exact) mass is 287 g/mol. The Morgan fingerprint density at radius 3 is 1.85 bits per heavy atom. The molecule has 122 valence electrons. The average molecular weight is 287 g/mol. The lowest BCUT2D eigenvalue weighted by molar-refractivity contribution is -0.116. The minimum atomic E-state index is 0.278. The second-order valence-corrected chi connectivity index (χ2v) is 6.16. The lowest BCUT2D eigenvalue weighted by Gasteiger charge is -2.22. The van der Waals surface area contributed by atoms with E-state index in [0.717, 1.165) is 12.0 Å². The lowest BCUT2D eigenvalue weighted by atomic mass is 9.89. The summed E-state index contributed by atoms with van der Waals surface area (Å²) in [5.74, 6) is 0. The molecule has 0 spiro atoms. The Labute approximate surface area is 126 Å². The normalized spacial score (nSPS) is 12.4. The van der Waals surface area contributed by atoms with Crippen LogP contribution >= 0.6 is 0 Å². The van der Waals surface area contributed by atoms with Crippen molar-refractivity contribution in [1.29, 1.82) is 0 Å². The van der Waals surface area contributed by atoms with Gasteiger partial charge in [0.15, 0.2) is 0 Å². The zero-order valence-electron chi connectivity index (χ0n) is 14.9. The first kappa shape index (κ1) is 24.2. The fourth-order valence-electron chi connectivity index (χ4n) is 0.426. The summed E-state index contributed by atoms with van der Waals surface area (Å²) >= 11 is 0. The highest BCUT2D eigenvalue weighted by molar-refractivity contribution is 5.46. The van der Waals surface area contributed by atoms with Gasteiger partial charge in [0.1, 0.15) is 0 Å². The van der Waals surface area contributed by atoms with Crippen molar-refractivity contribution in [2.45, 2.75) is 60.9 Å². The van der Waals surface area contributed by atoms with Gasteiger partial charge in [0, 0.05) is 26.2 Å². The summed E-state index contributed by atoms with van der Waals surface area (Å²) < 4.78 is 0. The van der Waals surface area contributed by atoms with Gasteiger partial charge in [0.05, 0.1) is 0 Å². The molecule has 0 bridgehead atoms. The van der Waals surface area contributed by atoms with E-state index in [1.165, 1.54) is 6.42 Å². The Morgan fingerprint density at radius 1 is 1.30 bits per heavy atom.